The molecule has 1 aliphatic heterocycles. The third-order valence-electron chi connectivity index (χ3n) is 3.65. The van der Waals surface area contributed by atoms with Gasteiger partial charge >= 0.3 is 0 Å². The number of aliphatic hydroxyl groups excluding tert-OH is 1. The van der Waals surface area contributed by atoms with Crippen LogP contribution in [0.5, 0.6) is 0 Å². The Bertz CT molecular complexity index is 464. The number of amidine groups is 1. The van der Waals surface area contributed by atoms with Crippen molar-refractivity contribution < 1.29 is 5.11 Å². The molecule has 0 aliphatic carbocycles. The summed E-state index contributed by atoms with van der Waals surface area (Å²) in [6.07, 6.45) is 4.33. The van der Waals surface area contributed by atoms with Gasteiger partial charge in [0, 0.05) is 22.8 Å². The van der Waals surface area contributed by atoms with Crippen LogP contribution in [0.15, 0.2) is 18.2 Å². The molecule has 0 saturated carbocycles. The van der Waals surface area contributed by atoms with Gasteiger partial charge in [-0.15, -0.1) is 0 Å². The molecule has 0 spiro atoms. The van der Waals surface area contributed by atoms with Crippen molar-refractivity contribution in [3.05, 3.63) is 28.8 Å². The summed E-state index contributed by atoms with van der Waals surface area (Å²) in [5, 5.41) is 17.9. The number of nitrogen functional groups attached to an aromatic ring is 1. The molecular formula is C14H20ClN3O. The largest absolute Gasteiger partial charge is 0.394 e. The maximum Gasteiger partial charge on any atom is 0.124 e. The van der Waals surface area contributed by atoms with Crippen LogP contribution in [0, 0.1) is 5.41 Å². The van der Waals surface area contributed by atoms with Crippen molar-refractivity contribution in [2.24, 2.45) is 5.73 Å². The normalized spacial score (nSPS) is 20.1. The fourth-order valence-corrected chi connectivity index (χ4v) is 2.82. The van der Waals surface area contributed by atoms with Crippen molar-refractivity contribution in [1.82, 2.24) is 0 Å². The number of nitrogens with two attached hydrogens (primary N) is 1. The number of nitrogens with one attached hydrogen (secondary N) is 1. The zero-order valence-corrected chi connectivity index (χ0v) is 11.7. The van der Waals surface area contributed by atoms with Crippen LogP contribution in [0.1, 0.15) is 31.2 Å². The fraction of sp³-hybridized carbons (Fsp3) is 0.500. The molecule has 1 aliphatic rings. The highest BCUT2D eigenvalue weighted by Gasteiger charge is 2.23. The summed E-state index contributed by atoms with van der Waals surface area (Å²) in [6.45, 7) is 0.982. The van der Waals surface area contributed by atoms with Crippen LogP contribution in [0.4, 0.5) is 5.69 Å². The molecule has 4 N–H and O–H groups in total. The van der Waals surface area contributed by atoms with E-state index in [4.69, 9.17) is 22.7 Å². The zero-order valence-electron chi connectivity index (χ0n) is 10.9. The Hall–Kier alpha value is -1.26. The summed E-state index contributed by atoms with van der Waals surface area (Å²) >= 11 is 6.07. The van der Waals surface area contributed by atoms with E-state index in [0.717, 1.165) is 31.5 Å². The van der Waals surface area contributed by atoms with Gasteiger partial charge in [-0.1, -0.05) is 24.4 Å². The van der Waals surface area contributed by atoms with Gasteiger partial charge in [0.2, 0.25) is 0 Å². The van der Waals surface area contributed by atoms with Crippen LogP contribution < -0.4 is 10.6 Å². The summed E-state index contributed by atoms with van der Waals surface area (Å²) in [5.74, 6) is 0.0348. The Morgan fingerprint density at radius 1 is 1.42 bits per heavy atom. The molecule has 19 heavy (non-hydrogen) atoms. The Labute approximate surface area is 118 Å². The lowest BCUT2D eigenvalue weighted by Crippen LogP contribution is -2.38. The number of halogens is 1. The fourth-order valence-electron chi connectivity index (χ4n) is 2.65. The molecule has 1 heterocycles. The van der Waals surface area contributed by atoms with Gasteiger partial charge in [0.05, 0.1) is 12.6 Å². The smallest absolute Gasteiger partial charge is 0.124 e. The molecule has 0 amide bonds. The van der Waals surface area contributed by atoms with Gasteiger partial charge in [-0.3, -0.25) is 5.41 Å². The molecule has 1 atom stereocenters. The molecule has 1 aromatic rings. The van der Waals surface area contributed by atoms with E-state index in [-0.39, 0.29) is 18.5 Å². The lowest BCUT2D eigenvalue weighted by Gasteiger charge is -2.32. The van der Waals surface area contributed by atoms with E-state index in [0.29, 0.717) is 10.6 Å². The topological polar surface area (TPSA) is 73.3 Å². The number of anilines is 1. The maximum atomic E-state index is 9.59. The van der Waals surface area contributed by atoms with Gasteiger partial charge in [0.15, 0.2) is 0 Å². The predicted molar refractivity (Wildman–Crippen MR) is 79.2 cm³/mol. The van der Waals surface area contributed by atoms with Crippen LogP contribution in [-0.4, -0.2) is 30.1 Å². The average molecular weight is 282 g/mol. The van der Waals surface area contributed by atoms with Crippen LogP contribution >= 0.6 is 11.6 Å². The van der Waals surface area contributed by atoms with Crippen molar-refractivity contribution in [1.29, 1.82) is 5.41 Å². The molecule has 4 nitrogen and oxygen atoms in total. The number of hydrogen-bond donors (Lipinski definition) is 3. The molecule has 1 fully saturated rings. The van der Waals surface area contributed by atoms with Crippen molar-refractivity contribution in [3.8, 4) is 0 Å². The molecule has 2 rings (SSSR count). The summed E-state index contributed by atoms with van der Waals surface area (Å²) in [6, 6.07) is 5.44. The third-order valence-corrected chi connectivity index (χ3v) is 3.88. The van der Waals surface area contributed by atoms with E-state index in [1.54, 1.807) is 12.1 Å². The van der Waals surface area contributed by atoms with Crippen molar-refractivity contribution in [3.63, 3.8) is 0 Å². The second-order valence-electron chi connectivity index (χ2n) is 4.95. The SMILES string of the molecule is N=C(N)c1ccc(Cl)cc1N1CCCCCC1CO. The first-order valence-electron chi connectivity index (χ1n) is 6.65. The first kappa shape index (κ1) is 14.2. The molecule has 0 bridgehead atoms. The van der Waals surface area contributed by atoms with E-state index in [1.165, 1.54) is 6.42 Å². The summed E-state index contributed by atoms with van der Waals surface area (Å²) < 4.78 is 0. The summed E-state index contributed by atoms with van der Waals surface area (Å²) in [4.78, 5) is 2.15. The number of hydrogen-bond acceptors (Lipinski definition) is 3. The average Bonchev–Trinajstić information content (AvgIpc) is 2.63. The third kappa shape index (κ3) is 3.19. The minimum Gasteiger partial charge on any atom is -0.394 e. The molecule has 104 valence electrons. The molecule has 5 heteroatoms. The van der Waals surface area contributed by atoms with Crippen molar-refractivity contribution in [2.45, 2.75) is 31.7 Å². The number of rotatable bonds is 3. The quantitative estimate of drug-likeness (QED) is 0.588. The van der Waals surface area contributed by atoms with E-state index >= 15 is 0 Å². The molecule has 1 unspecified atom stereocenters. The molecule has 1 aromatic carbocycles. The van der Waals surface area contributed by atoms with Gasteiger partial charge in [0.1, 0.15) is 5.84 Å². The standard InChI is InChI=1S/C14H20ClN3O/c15-10-5-6-12(14(16)17)13(8-10)18-7-3-1-2-4-11(18)9-19/h5-6,8,11,19H,1-4,7,9H2,(H3,16,17). The monoisotopic (exact) mass is 281 g/mol. The van der Waals surface area contributed by atoms with Gasteiger partial charge in [0.25, 0.3) is 0 Å². The van der Waals surface area contributed by atoms with Crippen LogP contribution in [-0.2, 0) is 0 Å². The number of aliphatic hydroxyl groups is 1. The van der Waals surface area contributed by atoms with Crippen LogP contribution in [0.3, 0.4) is 0 Å². The number of benzene rings is 1. The van der Waals surface area contributed by atoms with Gasteiger partial charge in [-0.05, 0) is 31.0 Å². The predicted octanol–water partition coefficient (Wildman–Crippen LogP) is 2.37. The number of nitrogens with zero attached hydrogens (tertiary/aromatic N) is 1. The summed E-state index contributed by atoms with van der Waals surface area (Å²) in [7, 11) is 0. The molecule has 0 radical (unpaired) electrons. The van der Waals surface area contributed by atoms with Gasteiger partial charge in [-0.2, -0.15) is 0 Å². The lowest BCUT2D eigenvalue weighted by molar-refractivity contribution is 0.255. The first-order valence-corrected chi connectivity index (χ1v) is 7.02. The summed E-state index contributed by atoms with van der Waals surface area (Å²) in [5.41, 5.74) is 7.20. The molecular weight excluding hydrogens is 262 g/mol. The Morgan fingerprint density at radius 3 is 2.89 bits per heavy atom. The van der Waals surface area contributed by atoms with E-state index in [9.17, 15) is 5.11 Å². The highest BCUT2D eigenvalue weighted by molar-refractivity contribution is 6.31. The Morgan fingerprint density at radius 2 is 2.21 bits per heavy atom. The minimum atomic E-state index is 0.0348. The Kier molecular flexibility index (Phi) is 4.66. The van der Waals surface area contributed by atoms with E-state index in [2.05, 4.69) is 4.90 Å². The van der Waals surface area contributed by atoms with Crippen molar-refractivity contribution in [2.75, 3.05) is 18.1 Å². The first-order chi connectivity index (χ1) is 9.13. The second-order valence-corrected chi connectivity index (χ2v) is 5.39. The van der Waals surface area contributed by atoms with Gasteiger partial charge < -0.3 is 15.7 Å². The molecule has 1 saturated heterocycles. The maximum absolute atomic E-state index is 9.59. The zero-order chi connectivity index (χ0) is 13.8. The van der Waals surface area contributed by atoms with Crippen LogP contribution in [0.2, 0.25) is 5.02 Å². The van der Waals surface area contributed by atoms with Gasteiger partial charge in [-0.25, -0.2) is 0 Å². The van der Waals surface area contributed by atoms with E-state index < -0.39 is 0 Å². The van der Waals surface area contributed by atoms with E-state index in [1.807, 2.05) is 6.07 Å². The lowest BCUT2D eigenvalue weighted by atomic mass is 10.1. The van der Waals surface area contributed by atoms with Crippen LogP contribution in [0.25, 0.3) is 0 Å². The highest BCUT2D eigenvalue weighted by atomic mass is 35.5. The second kappa shape index (κ2) is 6.26. The van der Waals surface area contributed by atoms with Crippen molar-refractivity contribution >= 4 is 23.1 Å². The highest BCUT2D eigenvalue weighted by Crippen LogP contribution is 2.29. The minimum absolute atomic E-state index is 0.0348. The molecule has 0 aromatic heterocycles. The Balaban J connectivity index is 2.42.